The van der Waals surface area contributed by atoms with E-state index in [-0.39, 0.29) is 18.9 Å². The maximum atomic E-state index is 13.4. The Bertz CT molecular complexity index is 497. The first-order chi connectivity index (χ1) is 8.90. The molecule has 1 rings (SSSR count). The molecule has 1 aromatic carbocycles. The second kappa shape index (κ2) is 6.07. The Labute approximate surface area is 107 Å². The molecular weight excluding hydrogens is 263 g/mol. The number of carbonyl (C=O) groups is 1. The molecule has 0 aromatic heterocycles. The Hall–Kier alpha value is -2.25. The van der Waals surface area contributed by atoms with Crippen molar-refractivity contribution in [3.8, 4) is 0 Å². The maximum absolute atomic E-state index is 13.4. The third-order valence-corrected chi connectivity index (χ3v) is 2.37. The molecule has 0 atom stereocenters. The molecule has 0 fully saturated rings. The third kappa shape index (κ3) is 3.36. The first kappa shape index (κ1) is 14.8. The highest BCUT2D eigenvalue weighted by atomic mass is 19.1. The SMILES string of the molecule is CCN(CC(N)=NO)C(=O)c1c(F)cc(F)cc1F. The minimum absolute atomic E-state index is 0.0747. The van der Waals surface area contributed by atoms with Gasteiger partial charge in [-0.1, -0.05) is 5.16 Å². The number of benzene rings is 1. The van der Waals surface area contributed by atoms with Gasteiger partial charge >= 0.3 is 0 Å². The van der Waals surface area contributed by atoms with E-state index in [1.807, 2.05) is 0 Å². The second-order valence-corrected chi connectivity index (χ2v) is 3.66. The molecule has 0 bridgehead atoms. The zero-order valence-corrected chi connectivity index (χ0v) is 10.0. The second-order valence-electron chi connectivity index (χ2n) is 3.66. The summed E-state index contributed by atoms with van der Waals surface area (Å²) in [4.78, 5) is 12.9. The van der Waals surface area contributed by atoms with E-state index >= 15 is 0 Å². The number of rotatable bonds is 4. The molecule has 1 aromatic rings. The number of nitrogens with zero attached hydrogens (tertiary/aromatic N) is 2. The quantitative estimate of drug-likeness (QED) is 0.376. The minimum atomic E-state index is -1.31. The van der Waals surface area contributed by atoms with E-state index in [9.17, 15) is 18.0 Å². The topological polar surface area (TPSA) is 78.9 Å². The summed E-state index contributed by atoms with van der Waals surface area (Å²) in [6, 6.07) is 0.821. The van der Waals surface area contributed by atoms with Crippen molar-refractivity contribution >= 4 is 11.7 Å². The van der Waals surface area contributed by atoms with Crippen LogP contribution in [0.4, 0.5) is 13.2 Å². The minimum Gasteiger partial charge on any atom is -0.409 e. The lowest BCUT2D eigenvalue weighted by Gasteiger charge is -2.20. The number of hydrogen-bond donors (Lipinski definition) is 2. The molecule has 0 spiro atoms. The van der Waals surface area contributed by atoms with Crippen LogP contribution in [0.25, 0.3) is 0 Å². The summed E-state index contributed by atoms with van der Waals surface area (Å²) in [7, 11) is 0. The van der Waals surface area contributed by atoms with Gasteiger partial charge in [-0.15, -0.1) is 0 Å². The lowest BCUT2D eigenvalue weighted by molar-refractivity contribution is 0.0776. The Balaban J connectivity index is 3.11. The van der Waals surface area contributed by atoms with Crippen molar-refractivity contribution in [2.45, 2.75) is 6.92 Å². The molecule has 8 heteroatoms. The highest BCUT2D eigenvalue weighted by molar-refractivity contribution is 5.97. The summed E-state index contributed by atoms with van der Waals surface area (Å²) in [5, 5.41) is 11.1. The van der Waals surface area contributed by atoms with E-state index in [0.717, 1.165) is 4.90 Å². The van der Waals surface area contributed by atoms with Gasteiger partial charge in [0.1, 0.15) is 23.0 Å². The summed E-state index contributed by atoms with van der Waals surface area (Å²) in [5.41, 5.74) is 4.34. The average molecular weight is 275 g/mol. The van der Waals surface area contributed by atoms with Crippen molar-refractivity contribution < 1.29 is 23.2 Å². The third-order valence-electron chi connectivity index (χ3n) is 2.37. The summed E-state index contributed by atoms with van der Waals surface area (Å²) < 4.78 is 39.6. The maximum Gasteiger partial charge on any atom is 0.260 e. The lowest BCUT2D eigenvalue weighted by atomic mass is 10.1. The van der Waals surface area contributed by atoms with E-state index < -0.39 is 28.9 Å². The molecule has 3 N–H and O–H groups in total. The predicted molar refractivity (Wildman–Crippen MR) is 61.3 cm³/mol. The van der Waals surface area contributed by atoms with Gasteiger partial charge in [-0.05, 0) is 6.92 Å². The van der Waals surface area contributed by atoms with Gasteiger partial charge in [-0.2, -0.15) is 0 Å². The molecule has 5 nitrogen and oxygen atoms in total. The Morgan fingerprint density at radius 1 is 1.37 bits per heavy atom. The normalized spacial score (nSPS) is 11.5. The van der Waals surface area contributed by atoms with E-state index in [2.05, 4.69) is 5.16 Å². The zero-order valence-electron chi connectivity index (χ0n) is 10.0. The Kier molecular flexibility index (Phi) is 4.74. The number of oxime groups is 1. The zero-order chi connectivity index (χ0) is 14.6. The van der Waals surface area contributed by atoms with E-state index in [0.29, 0.717) is 12.1 Å². The van der Waals surface area contributed by atoms with Crippen molar-refractivity contribution in [2.75, 3.05) is 13.1 Å². The summed E-state index contributed by atoms with van der Waals surface area (Å²) in [6.07, 6.45) is 0. The van der Waals surface area contributed by atoms with Crippen LogP contribution in [-0.2, 0) is 0 Å². The number of halogens is 3. The van der Waals surface area contributed by atoms with Crippen molar-refractivity contribution in [3.63, 3.8) is 0 Å². The van der Waals surface area contributed by atoms with Gasteiger partial charge in [0.15, 0.2) is 5.84 Å². The van der Waals surface area contributed by atoms with Crippen molar-refractivity contribution in [1.82, 2.24) is 4.90 Å². The van der Waals surface area contributed by atoms with Gasteiger partial charge in [-0.25, -0.2) is 13.2 Å². The van der Waals surface area contributed by atoms with Crippen LogP contribution < -0.4 is 5.73 Å². The summed E-state index contributed by atoms with van der Waals surface area (Å²) in [6.45, 7) is 1.31. The van der Waals surface area contributed by atoms with Crippen LogP contribution in [0.3, 0.4) is 0 Å². The fourth-order valence-corrected chi connectivity index (χ4v) is 1.46. The molecular formula is C11H12F3N3O2. The number of amidine groups is 1. The number of nitrogens with two attached hydrogens (primary N) is 1. The molecule has 104 valence electrons. The van der Waals surface area contributed by atoms with Crippen molar-refractivity contribution in [1.29, 1.82) is 0 Å². The first-order valence-corrected chi connectivity index (χ1v) is 5.30. The smallest absolute Gasteiger partial charge is 0.260 e. The van der Waals surface area contributed by atoms with Gasteiger partial charge in [-0.3, -0.25) is 4.79 Å². The molecule has 0 radical (unpaired) electrons. The standard InChI is InChI=1S/C11H12F3N3O2/c1-2-17(5-9(15)16-19)11(18)10-7(13)3-6(12)4-8(10)14/h3-4,19H,2,5H2,1H3,(H2,15,16). The van der Waals surface area contributed by atoms with Crippen LogP contribution >= 0.6 is 0 Å². The fraction of sp³-hybridized carbons (Fsp3) is 0.273. The van der Waals surface area contributed by atoms with Crippen LogP contribution in [0.2, 0.25) is 0 Å². The summed E-state index contributed by atoms with van der Waals surface area (Å²) in [5.74, 6) is -5.03. The Morgan fingerprint density at radius 3 is 2.32 bits per heavy atom. The molecule has 0 aliphatic heterocycles. The predicted octanol–water partition coefficient (Wildman–Crippen LogP) is 1.31. The Morgan fingerprint density at radius 2 is 1.89 bits per heavy atom. The van der Waals surface area contributed by atoms with Crippen LogP contribution in [0.5, 0.6) is 0 Å². The highest BCUT2D eigenvalue weighted by Crippen LogP contribution is 2.16. The van der Waals surface area contributed by atoms with Gasteiger partial charge in [0.05, 0.1) is 6.54 Å². The summed E-state index contributed by atoms with van der Waals surface area (Å²) >= 11 is 0. The highest BCUT2D eigenvalue weighted by Gasteiger charge is 2.24. The van der Waals surface area contributed by atoms with E-state index in [1.54, 1.807) is 6.92 Å². The molecule has 1 amide bonds. The molecule has 19 heavy (non-hydrogen) atoms. The monoisotopic (exact) mass is 275 g/mol. The van der Waals surface area contributed by atoms with E-state index in [4.69, 9.17) is 10.9 Å². The molecule has 0 unspecified atom stereocenters. The molecule has 0 saturated carbocycles. The molecule has 0 aliphatic carbocycles. The van der Waals surface area contributed by atoms with Gasteiger partial charge in [0.25, 0.3) is 5.91 Å². The number of likely N-dealkylation sites (N-methyl/N-ethyl adjacent to an activating group) is 1. The van der Waals surface area contributed by atoms with Gasteiger partial charge < -0.3 is 15.8 Å². The number of carbonyl (C=O) groups excluding carboxylic acids is 1. The number of hydrogen-bond acceptors (Lipinski definition) is 3. The van der Waals surface area contributed by atoms with Crippen molar-refractivity contribution in [2.24, 2.45) is 10.9 Å². The molecule has 0 aliphatic rings. The lowest BCUT2D eigenvalue weighted by Crippen LogP contribution is -2.39. The van der Waals surface area contributed by atoms with E-state index in [1.165, 1.54) is 0 Å². The van der Waals surface area contributed by atoms with Crippen molar-refractivity contribution in [3.05, 3.63) is 35.1 Å². The van der Waals surface area contributed by atoms with Crippen LogP contribution in [0, 0.1) is 17.5 Å². The molecule has 0 saturated heterocycles. The number of amides is 1. The fourth-order valence-electron chi connectivity index (χ4n) is 1.46. The first-order valence-electron chi connectivity index (χ1n) is 5.30. The average Bonchev–Trinajstić information content (AvgIpc) is 2.33. The largest absolute Gasteiger partial charge is 0.409 e. The van der Waals surface area contributed by atoms with Crippen LogP contribution in [0.1, 0.15) is 17.3 Å². The molecule has 0 heterocycles. The van der Waals surface area contributed by atoms with Gasteiger partial charge in [0, 0.05) is 18.7 Å². The van der Waals surface area contributed by atoms with Crippen LogP contribution in [0.15, 0.2) is 17.3 Å². The van der Waals surface area contributed by atoms with Gasteiger partial charge in [0.2, 0.25) is 0 Å². The van der Waals surface area contributed by atoms with Crippen LogP contribution in [-0.4, -0.2) is 34.9 Å².